The van der Waals surface area contributed by atoms with Gasteiger partial charge in [0, 0.05) is 19.6 Å². The molecule has 9 heteroatoms. The van der Waals surface area contributed by atoms with Gasteiger partial charge in [-0.05, 0) is 52.4 Å². The zero-order valence-electron chi connectivity index (χ0n) is 17.8. The van der Waals surface area contributed by atoms with Gasteiger partial charge in [0.05, 0.1) is 6.61 Å². The highest BCUT2D eigenvalue weighted by Gasteiger charge is 2.23. The first kappa shape index (κ1) is 26.0. The minimum Gasteiger partial charge on any atom is -0.480 e. The van der Waals surface area contributed by atoms with E-state index in [4.69, 9.17) is 9.84 Å². The average Bonchev–Trinajstić information content (AvgIpc) is 2.54. The summed E-state index contributed by atoms with van der Waals surface area (Å²) in [6, 6.07) is -1.51. The lowest BCUT2D eigenvalue weighted by molar-refractivity contribution is -0.139. The summed E-state index contributed by atoms with van der Waals surface area (Å²) in [5.74, 6) is -0.719. The molecule has 0 aliphatic rings. The number of aliphatic hydroxyl groups excluding tert-OH is 1. The van der Waals surface area contributed by atoms with Crippen LogP contribution in [-0.4, -0.2) is 71.1 Å². The molecule has 9 nitrogen and oxygen atoms in total. The lowest BCUT2D eigenvalue weighted by Gasteiger charge is -2.25. The number of amides is 3. The summed E-state index contributed by atoms with van der Waals surface area (Å²) >= 11 is 0. The number of hydrogen-bond acceptors (Lipinski definition) is 5. The normalized spacial score (nSPS) is 12.4. The van der Waals surface area contributed by atoms with Crippen LogP contribution in [0.4, 0.5) is 9.59 Å². The van der Waals surface area contributed by atoms with Crippen LogP contribution in [0, 0.1) is 5.92 Å². The Morgan fingerprint density at radius 1 is 1.07 bits per heavy atom. The highest BCUT2D eigenvalue weighted by molar-refractivity contribution is 5.82. The monoisotopic (exact) mass is 403 g/mol. The van der Waals surface area contributed by atoms with Crippen molar-refractivity contribution in [1.82, 2.24) is 15.5 Å². The summed E-state index contributed by atoms with van der Waals surface area (Å²) in [6.07, 6.45) is 1.57. The minimum atomic E-state index is -1.11. The molecule has 1 atom stereocenters. The van der Waals surface area contributed by atoms with Gasteiger partial charge in [0.25, 0.3) is 0 Å². The molecule has 0 aliphatic heterocycles. The molecule has 0 heterocycles. The fraction of sp³-hybridized carbons (Fsp3) is 0.842. The van der Waals surface area contributed by atoms with Gasteiger partial charge in [-0.2, -0.15) is 0 Å². The number of carbonyl (C=O) groups excluding carboxylic acids is 2. The Bertz CT molecular complexity index is 491. The first-order chi connectivity index (χ1) is 13.0. The fourth-order valence-electron chi connectivity index (χ4n) is 2.33. The number of urea groups is 1. The quantitative estimate of drug-likeness (QED) is 0.370. The molecule has 0 rings (SSSR count). The third-order valence-corrected chi connectivity index (χ3v) is 3.82. The van der Waals surface area contributed by atoms with Crippen molar-refractivity contribution in [2.24, 2.45) is 5.92 Å². The van der Waals surface area contributed by atoms with E-state index in [1.807, 2.05) is 13.8 Å². The lowest BCUT2D eigenvalue weighted by atomic mass is 10.1. The van der Waals surface area contributed by atoms with Crippen molar-refractivity contribution < 1.29 is 29.3 Å². The van der Waals surface area contributed by atoms with Gasteiger partial charge in [-0.15, -0.1) is 0 Å². The van der Waals surface area contributed by atoms with Crippen LogP contribution in [0.1, 0.15) is 60.3 Å². The standard InChI is InChI=1S/C19H37N3O6/c1-14(2)9-11-22(12-13-23)17(26)21-15(16(24)25)8-6-7-10-20-18(27)28-19(3,4)5/h14-15,23H,6-13H2,1-5H3,(H,20,27)(H,21,26)(H,24,25)/t15-/m0/s1. The molecule has 0 spiro atoms. The molecule has 0 fully saturated rings. The van der Waals surface area contributed by atoms with Crippen LogP contribution < -0.4 is 10.6 Å². The van der Waals surface area contributed by atoms with E-state index in [0.717, 1.165) is 6.42 Å². The number of nitrogens with one attached hydrogen (secondary N) is 2. The Labute approximate surface area is 167 Å². The molecular weight excluding hydrogens is 366 g/mol. The summed E-state index contributed by atoms with van der Waals surface area (Å²) < 4.78 is 5.12. The summed E-state index contributed by atoms with van der Waals surface area (Å²) in [5.41, 5.74) is -0.571. The predicted molar refractivity (Wildman–Crippen MR) is 106 cm³/mol. The minimum absolute atomic E-state index is 0.157. The van der Waals surface area contributed by atoms with E-state index in [1.165, 1.54) is 4.90 Å². The predicted octanol–water partition coefficient (Wildman–Crippen LogP) is 2.18. The highest BCUT2D eigenvalue weighted by Crippen LogP contribution is 2.07. The Morgan fingerprint density at radius 2 is 1.71 bits per heavy atom. The zero-order chi connectivity index (χ0) is 21.7. The maximum atomic E-state index is 12.3. The number of aliphatic hydroxyl groups is 1. The largest absolute Gasteiger partial charge is 0.480 e. The topological polar surface area (TPSA) is 128 Å². The number of alkyl carbamates (subject to hydrolysis) is 1. The van der Waals surface area contributed by atoms with E-state index >= 15 is 0 Å². The molecule has 0 unspecified atom stereocenters. The van der Waals surface area contributed by atoms with Crippen molar-refractivity contribution in [3.63, 3.8) is 0 Å². The van der Waals surface area contributed by atoms with Crippen LogP contribution in [0.15, 0.2) is 0 Å². The summed E-state index contributed by atoms with van der Waals surface area (Å²) in [6.45, 7) is 10.2. The SMILES string of the molecule is CC(C)CCN(CCO)C(=O)N[C@@H](CCCCNC(=O)OC(C)(C)C)C(=O)O. The molecule has 0 aliphatic carbocycles. The van der Waals surface area contributed by atoms with Gasteiger partial charge in [0.15, 0.2) is 0 Å². The van der Waals surface area contributed by atoms with E-state index in [9.17, 15) is 19.5 Å². The molecular formula is C19H37N3O6. The van der Waals surface area contributed by atoms with Gasteiger partial charge in [0.2, 0.25) is 0 Å². The molecule has 0 saturated carbocycles. The summed E-state index contributed by atoms with van der Waals surface area (Å²) in [7, 11) is 0. The van der Waals surface area contributed by atoms with Crippen LogP contribution in [0.25, 0.3) is 0 Å². The Balaban J connectivity index is 4.38. The molecule has 164 valence electrons. The second-order valence-electron chi connectivity index (χ2n) is 8.16. The molecule has 0 aromatic carbocycles. The zero-order valence-corrected chi connectivity index (χ0v) is 17.8. The van der Waals surface area contributed by atoms with Gasteiger partial charge >= 0.3 is 18.1 Å². The van der Waals surface area contributed by atoms with Crippen LogP contribution >= 0.6 is 0 Å². The van der Waals surface area contributed by atoms with E-state index in [2.05, 4.69) is 10.6 Å². The van der Waals surface area contributed by atoms with E-state index in [1.54, 1.807) is 20.8 Å². The first-order valence-electron chi connectivity index (χ1n) is 9.82. The van der Waals surface area contributed by atoms with Crippen molar-refractivity contribution >= 4 is 18.1 Å². The summed E-state index contributed by atoms with van der Waals surface area (Å²) in [5, 5.41) is 23.6. The Morgan fingerprint density at radius 3 is 2.21 bits per heavy atom. The van der Waals surface area contributed by atoms with Crippen LogP contribution in [0.5, 0.6) is 0 Å². The van der Waals surface area contributed by atoms with E-state index in [0.29, 0.717) is 31.8 Å². The molecule has 3 amide bonds. The van der Waals surface area contributed by atoms with Gasteiger partial charge in [-0.1, -0.05) is 13.8 Å². The van der Waals surface area contributed by atoms with Crippen LogP contribution in [0.3, 0.4) is 0 Å². The fourth-order valence-corrected chi connectivity index (χ4v) is 2.33. The number of carboxylic acids is 1. The lowest BCUT2D eigenvalue weighted by Crippen LogP contribution is -2.49. The maximum Gasteiger partial charge on any atom is 0.407 e. The van der Waals surface area contributed by atoms with Crippen LogP contribution in [0.2, 0.25) is 0 Å². The van der Waals surface area contributed by atoms with Gasteiger partial charge in [-0.25, -0.2) is 14.4 Å². The Hall–Kier alpha value is -2.03. The third-order valence-electron chi connectivity index (χ3n) is 3.82. The second kappa shape index (κ2) is 13.2. The molecule has 28 heavy (non-hydrogen) atoms. The number of ether oxygens (including phenoxy) is 1. The van der Waals surface area contributed by atoms with Crippen molar-refractivity contribution in [2.45, 2.75) is 71.9 Å². The Kier molecular flexibility index (Phi) is 12.2. The molecule has 0 saturated heterocycles. The average molecular weight is 404 g/mol. The number of rotatable bonds is 12. The molecule has 4 N–H and O–H groups in total. The molecule has 0 radical (unpaired) electrons. The first-order valence-corrected chi connectivity index (χ1v) is 9.82. The number of carboxylic acid groups (broad SMARTS) is 1. The molecule has 0 bridgehead atoms. The second-order valence-corrected chi connectivity index (χ2v) is 8.16. The molecule has 0 aromatic rings. The number of carbonyl (C=O) groups is 3. The number of unbranched alkanes of at least 4 members (excludes halogenated alkanes) is 1. The number of aliphatic carboxylic acids is 1. The van der Waals surface area contributed by atoms with Crippen molar-refractivity contribution in [1.29, 1.82) is 0 Å². The van der Waals surface area contributed by atoms with Crippen molar-refractivity contribution in [3.8, 4) is 0 Å². The summed E-state index contributed by atoms with van der Waals surface area (Å²) in [4.78, 5) is 36.8. The van der Waals surface area contributed by atoms with Crippen molar-refractivity contribution in [2.75, 3.05) is 26.2 Å². The third kappa shape index (κ3) is 13.2. The number of nitrogens with zero attached hydrogens (tertiary/aromatic N) is 1. The van der Waals surface area contributed by atoms with Gasteiger partial charge < -0.3 is 30.5 Å². The van der Waals surface area contributed by atoms with Gasteiger partial charge in [0.1, 0.15) is 11.6 Å². The molecule has 0 aromatic heterocycles. The van der Waals surface area contributed by atoms with Crippen LogP contribution in [-0.2, 0) is 9.53 Å². The maximum absolute atomic E-state index is 12.3. The van der Waals surface area contributed by atoms with E-state index < -0.39 is 29.7 Å². The highest BCUT2D eigenvalue weighted by atomic mass is 16.6. The number of hydrogen-bond donors (Lipinski definition) is 4. The van der Waals surface area contributed by atoms with Gasteiger partial charge in [-0.3, -0.25) is 0 Å². The van der Waals surface area contributed by atoms with E-state index in [-0.39, 0.29) is 19.6 Å². The van der Waals surface area contributed by atoms with Crippen molar-refractivity contribution in [3.05, 3.63) is 0 Å². The smallest absolute Gasteiger partial charge is 0.407 e.